The van der Waals surface area contributed by atoms with Gasteiger partial charge in [0.25, 0.3) is 0 Å². The van der Waals surface area contributed by atoms with Gasteiger partial charge in [-0.05, 0) is 25.7 Å². The zero-order valence-corrected chi connectivity index (χ0v) is 21.5. The Morgan fingerprint density at radius 3 is 1.50 bits per heavy atom. The van der Waals surface area contributed by atoms with Crippen molar-refractivity contribution in [3.63, 3.8) is 0 Å². The fourth-order valence-corrected chi connectivity index (χ4v) is 4.20. The molecule has 0 amide bonds. The summed E-state index contributed by atoms with van der Waals surface area (Å²) in [5, 5.41) is 9.22. The van der Waals surface area contributed by atoms with Crippen LogP contribution in [-0.4, -0.2) is 29.4 Å². The maximum atomic E-state index is 11.3. The zero-order chi connectivity index (χ0) is 19.0. The third-order valence-electron chi connectivity index (χ3n) is 4.99. The van der Waals surface area contributed by atoms with Crippen molar-refractivity contribution >= 4 is 10.1 Å². The number of rotatable bonds is 18. The molecule has 0 aromatic heterocycles. The first-order chi connectivity index (χ1) is 11.9. The number of aliphatic hydroxyl groups excluding tert-OH is 1. The molecule has 6 heteroatoms. The van der Waals surface area contributed by atoms with E-state index in [9.17, 15) is 18.1 Å². The predicted molar refractivity (Wildman–Crippen MR) is 105 cm³/mol. The van der Waals surface area contributed by atoms with E-state index in [4.69, 9.17) is 0 Å². The van der Waals surface area contributed by atoms with Crippen molar-refractivity contribution in [2.24, 2.45) is 0 Å². The first-order valence-corrected chi connectivity index (χ1v) is 12.0. The van der Waals surface area contributed by atoms with Crippen LogP contribution in [0.25, 0.3) is 0 Å². The van der Waals surface area contributed by atoms with Crippen molar-refractivity contribution < 1.29 is 69.5 Å². The maximum Gasteiger partial charge on any atom is 1.00 e. The predicted octanol–water partition coefficient (Wildman–Crippen LogP) is 2.55. The van der Waals surface area contributed by atoms with Gasteiger partial charge in [-0.3, -0.25) is 0 Å². The quantitative estimate of drug-likeness (QED) is 0.212. The molecule has 0 rings (SSSR count). The monoisotopic (exact) mass is 416 g/mol. The summed E-state index contributed by atoms with van der Waals surface area (Å²) in [6.45, 7) is 4.26. The van der Waals surface area contributed by atoms with Crippen molar-refractivity contribution in [3.8, 4) is 0 Å². The van der Waals surface area contributed by atoms with Crippen LogP contribution in [0.5, 0.6) is 0 Å². The summed E-state index contributed by atoms with van der Waals surface area (Å²) in [4.78, 5) is 0. The fraction of sp³-hybridized carbons (Fsp3) is 1.00. The van der Waals surface area contributed by atoms with E-state index >= 15 is 0 Å². The summed E-state index contributed by atoms with van der Waals surface area (Å²) in [6.07, 6.45) is 15.3. The van der Waals surface area contributed by atoms with E-state index in [-0.39, 0.29) is 57.5 Å². The van der Waals surface area contributed by atoms with Gasteiger partial charge in [-0.1, -0.05) is 90.9 Å². The fourth-order valence-electron chi connectivity index (χ4n) is 3.29. The van der Waals surface area contributed by atoms with Gasteiger partial charge in [-0.15, -0.1) is 0 Å². The Morgan fingerprint density at radius 2 is 1.04 bits per heavy atom. The van der Waals surface area contributed by atoms with Gasteiger partial charge in [0.15, 0.2) is 0 Å². The van der Waals surface area contributed by atoms with Gasteiger partial charge in [0.05, 0.1) is 16.2 Å². The second-order valence-electron chi connectivity index (χ2n) is 7.46. The van der Waals surface area contributed by atoms with Gasteiger partial charge in [0.2, 0.25) is 0 Å². The van der Waals surface area contributed by atoms with Crippen LogP contribution in [0.15, 0.2) is 0 Å². The minimum Gasteiger partial charge on any atom is -0.748 e. The first-order valence-electron chi connectivity index (χ1n) is 10.5. The van der Waals surface area contributed by atoms with Crippen LogP contribution in [0, 0.1) is 0 Å². The van der Waals surface area contributed by atoms with Crippen molar-refractivity contribution in [2.75, 3.05) is 0 Å². The second-order valence-corrected chi connectivity index (χ2v) is 9.11. The first kappa shape index (κ1) is 29.7. The summed E-state index contributed by atoms with van der Waals surface area (Å²) >= 11 is 0. The number of unbranched alkanes of at least 4 members (excludes halogenated alkanes) is 9. The third kappa shape index (κ3) is 18.9. The number of hydrogen-bond donors (Lipinski definition) is 1. The second kappa shape index (κ2) is 19.8. The van der Waals surface area contributed by atoms with Gasteiger partial charge in [0.1, 0.15) is 0 Å². The van der Waals surface area contributed by atoms with Crippen LogP contribution in [0.1, 0.15) is 117 Å². The standard InChI is InChI=1S/C20H42O4S.K/c1-3-5-7-12-15-19(21)16-13-9-8-10-14-18-20(25(22,23)24)17-11-6-4-2;/h19-21H,3-18H2,1-2H3,(H,22,23,24);/q;+1/p-1. The van der Waals surface area contributed by atoms with Crippen LogP contribution >= 0.6 is 0 Å². The normalized spacial score (nSPS) is 14.0. The van der Waals surface area contributed by atoms with E-state index in [2.05, 4.69) is 13.8 Å². The average molecular weight is 417 g/mol. The van der Waals surface area contributed by atoms with Crippen molar-refractivity contribution in [1.29, 1.82) is 0 Å². The Bertz CT molecular complexity index is 387. The summed E-state index contributed by atoms with van der Waals surface area (Å²) in [5.74, 6) is 0. The Hall–Kier alpha value is 1.51. The Morgan fingerprint density at radius 1 is 0.692 bits per heavy atom. The molecule has 2 atom stereocenters. The Balaban J connectivity index is 0. The summed E-state index contributed by atoms with van der Waals surface area (Å²) in [6, 6.07) is 0. The SMILES string of the molecule is CCCCCCC(O)CCCCCCCC(CCCCC)S(=O)(=O)[O-].[K+]. The molecule has 0 saturated carbocycles. The molecule has 4 nitrogen and oxygen atoms in total. The van der Waals surface area contributed by atoms with Crippen LogP contribution in [0.2, 0.25) is 0 Å². The van der Waals surface area contributed by atoms with Crippen LogP contribution in [-0.2, 0) is 10.1 Å². The molecule has 0 fully saturated rings. The van der Waals surface area contributed by atoms with Crippen LogP contribution < -0.4 is 51.4 Å². The molecule has 0 bridgehead atoms. The molecule has 0 spiro atoms. The van der Waals surface area contributed by atoms with Crippen molar-refractivity contribution in [3.05, 3.63) is 0 Å². The number of hydrogen-bond acceptors (Lipinski definition) is 4. The van der Waals surface area contributed by atoms with Gasteiger partial charge in [0, 0.05) is 5.25 Å². The van der Waals surface area contributed by atoms with E-state index in [0.717, 1.165) is 70.6 Å². The van der Waals surface area contributed by atoms with Crippen LogP contribution in [0.4, 0.5) is 0 Å². The number of aliphatic hydroxyl groups is 1. The van der Waals surface area contributed by atoms with Crippen LogP contribution in [0.3, 0.4) is 0 Å². The molecule has 2 unspecified atom stereocenters. The molecule has 0 saturated heterocycles. The molecule has 0 aliphatic heterocycles. The molecule has 0 aliphatic rings. The topological polar surface area (TPSA) is 77.4 Å². The molecule has 0 radical (unpaired) electrons. The molecule has 0 aliphatic carbocycles. The average Bonchev–Trinajstić information content (AvgIpc) is 2.55. The van der Waals surface area contributed by atoms with E-state index in [1.165, 1.54) is 19.3 Å². The third-order valence-corrected chi connectivity index (χ3v) is 6.28. The van der Waals surface area contributed by atoms with E-state index < -0.39 is 15.4 Å². The minimum atomic E-state index is -4.15. The minimum absolute atomic E-state index is 0. The zero-order valence-electron chi connectivity index (χ0n) is 17.5. The smallest absolute Gasteiger partial charge is 0.748 e. The molecule has 0 aromatic carbocycles. The Labute approximate surface area is 205 Å². The van der Waals surface area contributed by atoms with Gasteiger partial charge in [-0.25, -0.2) is 8.42 Å². The summed E-state index contributed by atoms with van der Waals surface area (Å²) in [7, 11) is -4.15. The van der Waals surface area contributed by atoms with E-state index in [1.54, 1.807) is 0 Å². The molecular weight excluding hydrogens is 375 g/mol. The van der Waals surface area contributed by atoms with E-state index in [1.807, 2.05) is 0 Å². The molecule has 1 N–H and O–H groups in total. The van der Waals surface area contributed by atoms with Gasteiger partial charge >= 0.3 is 51.4 Å². The molecule has 0 aromatic rings. The van der Waals surface area contributed by atoms with E-state index in [0.29, 0.717) is 12.8 Å². The largest absolute Gasteiger partial charge is 1.00 e. The summed E-state index contributed by atoms with van der Waals surface area (Å²) in [5.41, 5.74) is 0. The maximum absolute atomic E-state index is 11.3. The summed E-state index contributed by atoms with van der Waals surface area (Å²) < 4.78 is 33.9. The van der Waals surface area contributed by atoms with Crippen molar-refractivity contribution in [1.82, 2.24) is 0 Å². The van der Waals surface area contributed by atoms with Gasteiger partial charge < -0.3 is 9.66 Å². The molecule has 0 heterocycles. The van der Waals surface area contributed by atoms with Crippen molar-refractivity contribution in [2.45, 2.75) is 128 Å². The van der Waals surface area contributed by atoms with Gasteiger partial charge in [-0.2, -0.15) is 0 Å². The molecule has 26 heavy (non-hydrogen) atoms. The molecular formula is C20H41KO4S. The molecule has 152 valence electrons. The Kier molecular flexibility index (Phi) is 22.6.